The van der Waals surface area contributed by atoms with Crippen molar-refractivity contribution in [1.82, 2.24) is 9.80 Å². The third kappa shape index (κ3) is 4.28. The van der Waals surface area contributed by atoms with Gasteiger partial charge in [-0.15, -0.1) is 0 Å². The zero-order valence-corrected chi connectivity index (χ0v) is 16.7. The number of hydrogen-bond acceptors (Lipinski definition) is 3. The standard InChI is InChI=1S/C21H23ClFN3O2/c1-24(2)16-9-7-15(8-10-16)20(27)25-11-4-12-26(14-13-25)21(28)19-17(22)5-3-6-18(19)23/h3,5-10H,4,11-14H2,1-2H3. The van der Waals surface area contributed by atoms with Crippen LogP contribution in [0.1, 0.15) is 27.1 Å². The molecule has 0 bridgehead atoms. The van der Waals surface area contributed by atoms with Crippen molar-refractivity contribution in [2.75, 3.05) is 45.2 Å². The highest BCUT2D eigenvalue weighted by molar-refractivity contribution is 6.33. The average Bonchev–Trinajstić information content (AvgIpc) is 2.93. The van der Waals surface area contributed by atoms with Gasteiger partial charge in [0.15, 0.2) is 0 Å². The summed E-state index contributed by atoms with van der Waals surface area (Å²) >= 11 is 6.02. The molecule has 0 atom stereocenters. The van der Waals surface area contributed by atoms with Gasteiger partial charge in [-0.1, -0.05) is 17.7 Å². The van der Waals surface area contributed by atoms with E-state index >= 15 is 0 Å². The Morgan fingerprint density at radius 1 is 0.929 bits per heavy atom. The molecule has 0 aromatic heterocycles. The van der Waals surface area contributed by atoms with Gasteiger partial charge in [0, 0.05) is 51.5 Å². The van der Waals surface area contributed by atoms with E-state index in [1.54, 1.807) is 9.80 Å². The van der Waals surface area contributed by atoms with Crippen LogP contribution < -0.4 is 4.90 Å². The van der Waals surface area contributed by atoms with Gasteiger partial charge in [0.1, 0.15) is 5.82 Å². The van der Waals surface area contributed by atoms with Gasteiger partial charge in [0.2, 0.25) is 0 Å². The summed E-state index contributed by atoms with van der Waals surface area (Å²) in [6.45, 7) is 1.73. The van der Waals surface area contributed by atoms with E-state index in [9.17, 15) is 14.0 Å². The second-order valence-electron chi connectivity index (χ2n) is 6.98. The van der Waals surface area contributed by atoms with E-state index in [1.807, 2.05) is 43.3 Å². The minimum absolute atomic E-state index is 0.0662. The van der Waals surface area contributed by atoms with Crippen LogP contribution in [0.3, 0.4) is 0 Å². The van der Waals surface area contributed by atoms with E-state index in [1.165, 1.54) is 18.2 Å². The van der Waals surface area contributed by atoms with E-state index in [0.29, 0.717) is 38.2 Å². The lowest BCUT2D eigenvalue weighted by Gasteiger charge is -2.23. The van der Waals surface area contributed by atoms with Crippen LogP contribution in [0.25, 0.3) is 0 Å². The second-order valence-corrected chi connectivity index (χ2v) is 7.38. The number of benzene rings is 2. The number of anilines is 1. The highest BCUT2D eigenvalue weighted by atomic mass is 35.5. The second kappa shape index (κ2) is 8.61. The topological polar surface area (TPSA) is 43.9 Å². The summed E-state index contributed by atoms with van der Waals surface area (Å²) in [5.74, 6) is -1.13. The fraction of sp³-hybridized carbons (Fsp3) is 0.333. The van der Waals surface area contributed by atoms with Crippen molar-refractivity contribution < 1.29 is 14.0 Å². The van der Waals surface area contributed by atoms with Gasteiger partial charge in [-0.05, 0) is 42.8 Å². The van der Waals surface area contributed by atoms with Gasteiger partial charge in [0.05, 0.1) is 10.6 Å². The van der Waals surface area contributed by atoms with Crippen molar-refractivity contribution in [3.05, 3.63) is 64.4 Å². The maximum atomic E-state index is 14.1. The Bertz CT molecular complexity index is 850. The molecule has 28 heavy (non-hydrogen) atoms. The number of halogens is 2. The third-order valence-corrected chi connectivity index (χ3v) is 5.19. The highest BCUT2D eigenvalue weighted by Gasteiger charge is 2.26. The van der Waals surface area contributed by atoms with E-state index in [-0.39, 0.29) is 16.5 Å². The Balaban J connectivity index is 1.69. The number of carbonyl (C=O) groups is 2. The molecule has 5 nitrogen and oxygen atoms in total. The first-order valence-corrected chi connectivity index (χ1v) is 9.56. The van der Waals surface area contributed by atoms with Crippen LogP contribution in [0.5, 0.6) is 0 Å². The molecule has 0 N–H and O–H groups in total. The Labute approximate surface area is 169 Å². The summed E-state index contributed by atoms with van der Waals surface area (Å²) in [5.41, 5.74) is 1.52. The monoisotopic (exact) mass is 403 g/mol. The molecule has 7 heteroatoms. The predicted octanol–water partition coefficient (Wildman–Crippen LogP) is 3.53. The van der Waals surface area contributed by atoms with Crippen LogP contribution in [0, 0.1) is 5.82 Å². The predicted molar refractivity (Wildman–Crippen MR) is 109 cm³/mol. The molecule has 0 saturated carbocycles. The number of hydrogen-bond donors (Lipinski definition) is 0. The Morgan fingerprint density at radius 3 is 2.11 bits per heavy atom. The number of nitrogens with zero attached hydrogens (tertiary/aromatic N) is 3. The molecule has 0 unspecified atom stereocenters. The van der Waals surface area contributed by atoms with E-state index in [2.05, 4.69) is 0 Å². The molecule has 0 spiro atoms. The van der Waals surface area contributed by atoms with Gasteiger partial charge in [-0.3, -0.25) is 9.59 Å². The summed E-state index contributed by atoms with van der Waals surface area (Å²) < 4.78 is 14.1. The quantitative estimate of drug-likeness (QED) is 0.787. The SMILES string of the molecule is CN(C)c1ccc(C(=O)N2CCCN(C(=O)c3c(F)cccc3Cl)CC2)cc1. The lowest BCUT2D eigenvalue weighted by Crippen LogP contribution is -2.37. The molecule has 0 radical (unpaired) electrons. The lowest BCUT2D eigenvalue weighted by molar-refractivity contribution is 0.0716. The van der Waals surface area contributed by atoms with Gasteiger partial charge in [0.25, 0.3) is 11.8 Å². The maximum Gasteiger partial charge on any atom is 0.258 e. The maximum absolute atomic E-state index is 14.1. The van der Waals surface area contributed by atoms with Gasteiger partial charge in [-0.2, -0.15) is 0 Å². The van der Waals surface area contributed by atoms with Crippen molar-refractivity contribution in [3.63, 3.8) is 0 Å². The molecule has 2 aromatic rings. The van der Waals surface area contributed by atoms with Crippen molar-refractivity contribution in [2.45, 2.75) is 6.42 Å². The van der Waals surface area contributed by atoms with Crippen LogP contribution >= 0.6 is 11.6 Å². The largest absolute Gasteiger partial charge is 0.378 e. The normalized spacial score (nSPS) is 14.6. The molecule has 1 aliphatic rings. The molecular weight excluding hydrogens is 381 g/mol. The number of rotatable bonds is 3. The fourth-order valence-electron chi connectivity index (χ4n) is 3.27. The van der Waals surface area contributed by atoms with Crippen LogP contribution in [0.4, 0.5) is 10.1 Å². The molecule has 1 aliphatic heterocycles. The van der Waals surface area contributed by atoms with Crippen molar-refractivity contribution >= 4 is 29.1 Å². The smallest absolute Gasteiger partial charge is 0.258 e. The van der Waals surface area contributed by atoms with Crippen LogP contribution in [0.15, 0.2) is 42.5 Å². The Morgan fingerprint density at radius 2 is 1.54 bits per heavy atom. The minimum atomic E-state index is -0.629. The minimum Gasteiger partial charge on any atom is -0.378 e. The molecule has 1 fully saturated rings. The number of carbonyl (C=O) groups excluding carboxylic acids is 2. The van der Waals surface area contributed by atoms with Gasteiger partial charge < -0.3 is 14.7 Å². The molecule has 148 valence electrons. The first kappa shape index (κ1) is 20.1. The molecule has 3 rings (SSSR count). The van der Waals surface area contributed by atoms with Crippen LogP contribution in [-0.2, 0) is 0 Å². The average molecular weight is 404 g/mol. The van der Waals surface area contributed by atoms with E-state index < -0.39 is 11.7 Å². The number of amides is 2. The van der Waals surface area contributed by atoms with Gasteiger partial charge >= 0.3 is 0 Å². The summed E-state index contributed by atoms with van der Waals surface area (Å²) in [7, 11) is 3.89. The van der Waals surface area contributed by atoms with Gasteiger partial charge in [-0.25, -0.2) is 4.39 Å². The third-order valence-electron chi connectivity index (χ3n) is 4.88. The van der Waals surface area contributed by atoms with E-state index in [4.69, 9.17) is 11.6 Å². The molecule has 0 aliphatic carbocycles. The van der Waals surface area contributed by atoms with Crippen molar-refractivity contribution in [1.29, 1.82) is 0 Å². The summed E-state index contributed by atoms with van der Waals surface area (Å²) in [4.78, 5) is 30.8. The first-order valence-electron chi connectivity index (χ1n) is 9.18. The Hall–Kier alpha value is -2.60. The zero-order valence-electron chi connectivity index (χ0n) is 16.0. The van der Waals surface area contributed by atoms with Crippen LogP contribution in [-0.4, -0.2) is 61.9 Å². The van der Waals surface area contributed by atoms with Crippen molar-refractivity contribution in [2.24, 2.45) is 0 Å². The van der Waals surface area contributed by atoms with E-state index in [0.717, 1.165) is 5.69 Å². The summed E-state index contributed by atoms with van der Waals surface area (Å²) in [6, 6.07) is 11.6. The first-order chi connectivity index (χ1) is 13.4. The Kier molecular flexibility index (Phi) is 6.19. The molecule has 2 aromatic carbocycles. The summed E-state index contributed by atoms with van der Waals surface area (Å²) in [5, 5.41) is 0.100. The molecular formula is C21H23ClFN3O2. The molecule has 1 heterocycles. The molecule has 1 saturated heterocycles. The highest BCUT2D eigenvalue weighted by Crippen LogP contribution is 2.22. The lowest BCUT2D eigenvalue weighted by atomic mass is 10.1. The summed E-state index contributed by atoms with van der Waals surface area (Å²) in [6.07, 6.45) is 0.624. The van der Waals surface area contributed by atoms with Crippen molar-refractivity contribution in [3.8, 4) is 0 Å². The zero-order chi connectivity index (χ0) is 20.3. The molecule has 2 amide bonds. The fourth-order valence-corrected chi connectivity index (χ4v) is 3.51. The van der Waals surface area contributed by atoms with Crippen LogP contribution in [0.2, 0.25) is 5.02 Å².